The summed E-state index contributed by atoms with van der Waals surface area (Å²) < 4.78 is 6.43. The third-order valence-corrected chi connectivity index (χ3v) is 4.86. The number of thioether (sulfide) groups is 1. The summed E-state index contributed by atoms with van der Waals surface area (Å²) in [6.45, 7) is 2.93. The number of hydrogen-bond donors (Lipinski definition) is 0. The Balaban J connectivity index is 1.88. The van der Waals surface area contributed by atoms with Crippen molar-refractivity contribution in [3.8, 4) is 0 Å². The second-order valence-electron chi connectivity index (χ2n) is 3.57. The monoisotopic (exact) mass is 228 g/mol. The number of fused-ring (bicyclic) bond motifs is 1. The van der Waals surface area contributed by atoms with E-state index in [2.05, 4.69) is 16.1 Å². The first-order valence-corrected chi connectivity index (χ1v) is 6.80. The van der Waals surface area contributed by atoms with E-state index in [0.717, 1.165) is 26.2 Å². The van der Waals surface area contributed by atoms with Gasteiger partial charge < -0.3 is 9.64 Å². The zero-order valence-corrected chi connectivity index (χ0v) is 9.66. The van der Waals surface area contributed by atoms with Gasteiger partial charge in [0.2, 0.25) is 0 Å². The first kappa shape index (κ1) is 9.00. The third kappa shape index (κ3) is 1.26. The first-order chi connectivity index (χ1) is 6.88. The van der Waals surface area contributed by atoms with Gasteiger partial charge >= 0.3 is 0 Å². The van der Waals surface area contributed by atoms with Crippen molar-refractivity contribution in [2.45, 2.75) is 16.8 Å². The molecule has 1 aromatic rings. The summed E-state index contributed by atoms with van der Waals surface area (Å²) in [6, 6.07) is 0.617. The molecule has 3 nitrogen and oxygen atoms in total. The highest BCUT2D eigenvalue weighted by molar-refractivity contribution is 8.00. The van der Waals surface area contributed by atoms with Crippen LogP contribution >= 0.6 is 23.1 Å². The van der Waals surface area contributed by atoms with Crippen LogP contribution in [0.5, 0.6) is 0 Å². The Morgan fingerprint density at radius 2 is 2.43 bits per heavy atom. The predicted octanol–water partition coefficient (Wildman–Crippen LogP) is 1.63. The van der Waals surface area contributed by atoms with E-state index in [1.807, 2.05) is 11.3 Å². The fourth-order valence-corrected chi connectivity index (χ4v) is 3.59. The first-order valence-electron chi connectivity index (χ1n) is 4.76. The van der Waals surface area contributed by atoms with E-state index >= 15 is 0 Å². The van der Waals surface area contributed by atoms with Gasteiger partial charge in [-0.15, -0.1) is 0 Å². The van der Waals surface area contributed by atoms with Crippen molar-refractivity contribution in [1.29, 1.82) is 0 Å². The molecule has 3 heterocycles. The van der Waals surface area contributed by atoms with Crippen LogP contribution in [0.1, 0.15) is 5.69 Å². The molecule has 1 saturated heterocycles. The normalized spacial score (nSPS) is 21.1. The molecule has 5 heteroatoms. The van der Waals surface area contributed by atoms with Crippen molar-refractivity contribution in [2.24, 2.45) is 0 Å². The molecule has 3 rings (SSSR count). The number of aromatic nitrogens is 1. The molecule has 2 aliphatic heterocycles. The second-order valence-corrected chi connectivity index (χ2v) is 5.60. The van der Waals surface area contributed by atoms with E-state index in [1.54, 1.807) is 11.8 Å². The number of rotatable bonds is 2. The summed E-state index contributed by atoms with van der Waals surface area (Å²) in [4.78, 5) is 7.07. The summed E-state index contributed by atoms with van der Waals surface area (Å²) in [6.07, 6.45) is 3.20. The summed E-state index contributed by atoms with van der Waals surface area (Å²) in [5, 5.41) is 1.39. The van der Waals surface area contributed by atoms with E-state index < -0.39 is 0 Å². The SMILES string of the molecule is CSc1nc2c(s1)N(C1COC1)CC2. The molecule has 2 aliphatic rings. The molecule has 76 valence electrons. The summed E-state index contributed by atoms with van der Waals surface area (Å²) in [5.41, 5.74) is 1.30. The summed E-state index contributed by atoms with van der Waals surface area (Å²) >= 11 is 3.57. The Bertz CT molecular complexity index is 349. The Kier molecular flexibility index (Phi) is 2.18. The van der Waals surface area contributed by atoms with E-state index in [0.29, 0.717) is 6.04 Å². The Morgan fingerprint density at radius 3 is 3.07 bits per heavy atom. The number of nitrogens with zero attached hydrogens (tertiary/aromatic N) is 2. The second kappa shape index (κ2) is 3.40. The van der Waals surface area contributed by atoms with Crippen LogP contribution in [0, 0.1) is 0 Å². The van der Waals surface area contributed by atoms with E-state index in [4.69, 9.17) is 4.74 Å². The standard InChI is InChI=1S/C9H12N2OS2/c1-13-9-10-7-2-3-11(8(7)14-9)6-4-12-5-6/h6H,2-5H2,1H3. The number of hydrogen-bond acceptors (Lipinski definition) is 5. The van der Waals surface area contributed by atoms with Crippen LogP contribution in [0.15, 0.2) is 4.34 Å². The maximum atomic E-state index is 5.23. The Morgan fingerprint density at radius 1 is 1.57 bits per heavy atom. The molecule has 0 bridgehead atoms. The molecule has 0 radical (unpaired) electrons. The Hall–Kier alpha value is -0.260. The molecular formula is C9H12N2OS2. The topological polar surface area (TPSA) is 25.4 Å². The quantitative estimate of drug-likeness (QED) is 0.718. The van der Waals surface area contributed by atoms with Gasteiger partial charge in [0.1, 0.15) is 5.00 Å². The van der Waals surface area contributed by atoms with Crippen molar-refractivity contribution in [3.05, 3.63) is 5.69 Å². The average molecular weight is 228 g/mol. The van der Waals surface area contributed by atoms with Gasteiger partial charge in [0, 0.05) is 13.0 Å². The van der Waals surface area contributed by atoms with Gasteiger partial charge in [0.25, 0.3) is 0 Å². The maximum Gasteiger partial charge on any atom is 0.151 e. The van der Waals surface area contributed by atoms with Crippen LogP contribution in [0.4, 0.5) is 5.00 Å². The number of ether oxygens (including phenoxy) is 1. The average Bonchev–Trinajstić information content (AvgIpc) is 2.63. The molecule has 1 fully saturated rings. The highest BCUT2D eigenvalue weighted by atomic mass is 32.2. The Labute approximate surface area is 91.5 Å². The van der Waals surface area contributed by atoms with Crippen LogP contribution in [-0.4, -0.2) is 37.0 Å². The van der Waals surface area contributed by atoms with Crippen molar-refractivity contribution >= 4 is 28.1 Å². The van der Waals surface area contributed by atoms with E-state index in [1.165, 1.54) is 15.0 Å². The van der Waals surface area contributed by atoms with Crippen LogP contribution < -0.4 is 4.90 Å². The molecule has 0 spiro atoms. The van der Waals surface area contributed by atoms with Crippen LogP contribution in [0.25, 0.3) is 0 Å². The molecule has 0 N–H and O–H groups in total. The van der Waals surface area contributed by atoms with Crippen LogP contribution in [0.3, 0.4) is 0 Å². The molecule has 0 amide bonds. The minimum Gasteiger partial charge on any atom is -0.377 e. The lowest BCUT2D eigenvalue weighted by Crippen LogP contribution is -2.48. The largest absolute Gasteiger partial charge is 0.377 e. The lowest BCUT2D eigenvalue weighted by atomic mass is 10.2. The van der Waals surface area contributed by atoms with Gasteiger partial charge in [0.15, 0.2) is 4.34 Å². The molecule has 14 heavy (non-hydrogen) atoms. The van der Waals surface area contributed by atoms with Gasteiger partial charge in [-0.2, -0.15) is 0 Å². The van der Waals surface area contributed by atoms with Gasteiger partial charge in [-0.25, -0.2) is 4.98 Å². The fraction of sp³-hybridized carbons (Fsp3) is 0.667. The smallest absolute Gasteiger partial charge is 0.151 e. The molecule has 0 atom stereocenters. The molecule has 0 saturated carbocycles. The minimum absolute atomic E-state index is 0.617. The zero-order valence-electron chi connectivity index (χ0n) is 8.02. The van der Waals surface area contributed by atoms with Crippen molar-refractivity contribution < 1.29 is 4.74 Å². The highest BCUT2D eigenvalue weighted by Gasteiger charge is 2.33. The molecule has 1 aromatic heterocycles. The van der Waals surface area contributed by atoms with Gasteiger partial charge in [-0.1, -0.05) is 23.1 Å². The zero-order chi connectivity index (χ0) is 9.54. The lowest BCUT2D eigenvalue weighted by molar-refractivity contribution is 0.00907. The molecule has 0 unspecified atom stereocenters. The third-order valence-electron chi connectivity index (χ3n) is 2.74. The van der Waals surface area contributed by atoms with Gasteiger partial charge in [-0.3, -0.25) is 0 Å². The van der Waals surface area contributed by atoms with E-state index in [9.17, 15) is 0 Å². The van der Waals surface area contributed by atoms with E-state index in [-0.39, 0.29) is 0 Å². The maximum absolute atomic E-state index is 5.23. The van der Waals surface area contributed by atoms with Crippen LogP contribution in [0.2, 0.25) is 0 Å². The fourth-order valence-electron chi connectivity index (χ4n) is 1.88. The molecule has 0 aromatic carbocycles. The summed E-state index contributed by atoms with van der Waals surface area (Å²) in [7, 11) is 0. The number of thiazole rings is 1. The van der Waals surface area contributed by atoms with Gasteiger partial charge in [-0.05, 0) is 6.26 Å². The van der Waals surface area contributed by atoms with Crippen molar-refractivity contribution in [3.63, 3.8) is 0 Å². The van der Waals surface area contributed by atoms with Crippen molar-refractivity contribution in [2.75, 3.05) is 30.9 Å². The van der Waals surface area contributed by atoms with Gasteiger partial charge in [0.05, 0.1) is 24.9 Å². The molecule has 0 aliphatic carbocycles. The van der Waals surface area contributed by atoms with Crippen LogP contribution in [-0.2, 0) is 11.2 Å². The summed E-state index contributed by atoms with van der Waals surface area (Å²) in [5.74, 6) is 0. The minimum atomic E-state index is 0.617. The number of anilines is 1. The van der Waals surface area contributed by atoms with Crippen molar-refractivity contribution in [1.82, 2.24) is 4.98 Å². The highest BCUT2D eigenvalue weighted by Crippen LogP contribution is 2.39. The molecular weight excluding hydrogens is 216 g/mol. The lowest BCUT2D eigenvalue weighted by Gasteiger charge is -2.35. The predicted molar refractivity (Wildman–Crippen MR) is 59.6 cm³/mol.